The summed E-state index contributed by atoms with van der Waals surface area (Å²) in [4.78, 5) is 14.0. The maximum Gasteiger partial charge on any atom is 0.234 e. The fraction of sp³-hybridized carbons (Fsp3) is 0.357. The highest BCUT2D eigenvalue weighted by molar-refractivity contribution is 8.06. The number of allylic oxidation sites excluding steroid dienone is 1. The van der Waals surface area contributed by atoms with Gasteiger partial charge in [0.15, 0.2) is 0 Å². The molecular formula is C14H16Cl2N2OS. The summed E-state index contributed by atoms with van der Waals surface area (Å²) in [6, 6.07) is 8.08. The summed E-state index contributed by atoms with van der Waals surface area (Å²) >= 11 is 13.1. The van der Waals surface area contributed by atoms with Gasteiger partial charge in [-0.3, -0.25) is 4.79 Å². The van der Waals surface area contributed by atoms with Gasteiger partial charge in [0.05, 0.1) is 9.61 Å². The fourth-order valence-electron chi connectivity index (χ4n) is 1.83. The van der Waals surface area contributed by atoms with E-state index < -0.39 is 0 Å². The van der Waals surface area contributed by atoms with Crippen molar-refractivity contribution in [2.75, 3.05) is 19.0 Å². The third-order valence-corrected chi connectivity index (χ3v) is 5.20. The molecule has 1 aliphatic heterocycles. The van der Waals surface area contributed by atoms with Gasteiger partial charge in [0, 0.05) is 37.8 Å². The SMILES string of the molecule is CN(C)c1ccc(CNC(=O)C2CC(Cl)=C(Cl)S2)cc1. The second-order valence-corrected chi connectivity index (χ2v) is 7.04. The number of benzene rings is 1. The van der Waals surface area contributed by atoms with Gasteiger partial charge in [-0.15, -0.1) is 0 Å². The molecule has 0 saturated carbocycles. The number of carbonyl (C=O) groups is 1. The van der Waals surface area contributed by atoms with E-state index in [1.54, 1.807) is 0 Å². The van der Waals surface area contributed by atoms with Crippen LogP contribution in [0.15, 0.2) is 33.7 Å². The van der Waals surface area contributed by atoms with E-state index in [0.717, 1.165) is 11.3 Å². The van der Waals surface area contributed by atoms with Crippen molar-refractivity contribution < 1.29 is 4.79 Å². The Morgan fingerprint density at radius 3 is 2.50 bits per heavy atom. The van der Waals surface area contributed by atoms with Gasteiger partial charge in [-0.1, -0.05) is 47.1 Å². The first-order valence-electron chi connectivity index (χ1n) is 6.22. The van der Waals surface area contributed by atoms with Gasteiger partial charge in [-0.05, 0) is 17.7 Å². The van der Waals surface area contributed by atoms with E-state index in [4.69, 9.17) is 23.2 Å². The first-order valence-corrected chi connectivity index (χ1v) is 7.85. The van der Waals surface area contributed by atoms with Crippen LogP contribution in [0.1, 0.15) is 12.0 Å². The first kappa shape index (κ1) is 15.5. The molecule has 1 atom stereocenters. The van der Waals surface area contributed by atoms with Crippen LogP contribution in [0.25, 0.3) is 0 Å². The van der Waals surface area contributed by atoms with Gasteiger partial charge in [0.1, 0.15) is 0 Å². The lowest BCUT2D eigenvalue weighted by Gasteiger charge is -2.13. The van der Waals surface area contributed by atoms with Crippen molar-refractivity contribution in [3.63, 3.8) is 0 Å². The minimum atomic E-state index is -0.212. The second kappa shape index (κ2) is 6.74. The van der Waals surface area contributed by atoms with E-state index in [9.17, 15) is 4.79 Å². The third kappa shape index (κ3) is 3.84. The number of thioether (sulfide) groups is 1. The fourth-order valence-corrected chi connectivity index (χ4v) is 3.52. The Morgan fingerprint density at radius 1 is 1.35 bits per heavy atom. The zero-order valence-corrected chi connectivity index (χ0v) is 13.6. The van der Waals surface area contributed by atoms with E-state index in [2.05, 4.69) is 5.32 Å². The number of rotatable bonds is 4. The van der Waals surface area contributed by atoms with Crippen molar-refractivity contribution in [3.8, 4) is 0 Å². The molecule has 1 amide bonds. The molecule has 0 saturated heterocycles. The predicted molar refractivity (Wildman–Crippen MR) is 87.3 cm³/mol. The lowest BCUT2D eigenvalue weighted by molar-refractivity contribution is -0.120. The van der Waals surface area contributed by atoms with Gasteiger partial charge in [-0.25, -0.2) is 0 Å². The lowest BCUT2D eigenvalue weighted by atomic mass is 10.2. The molecule has 1 aromatic rings. The lowest BCUT2D eigenvalue weighted by Crippen LogP contribution is -2.31. The molecule has 0 radical (unpaired) electrons. The number of nitrogens with zero attached hydrogens (tertiary/aromatic N) is 1. The van der Waals surface area contributed by atoms with Crippen LogP contribution >= 0.6 is 35.0 Å². The normalized spacial score (nSPS) is 18.3. The monoisotopic (exact) mass is 330 g/mol. The molecule has 108 valence electrons. The molecule has 1 heterocycles. The zero-order chi connectivity index (χ0) is 14.7. The summed E-state index contributed by atoms with van der Waals surface area (Å²) in [5.41, 5.74) is 2.20. The van der Waals surface area contributed by atoms with Crippen molar-refractivity contribution in [1.82, 2.24) is 5.32 Å². The summed E-state index contributed by atoms with van der Waals surface area (Å²) < 4.78 is 0.530. The van der Waals surface area contributed by atoms with Crippen molar-refractivity contribution >= 4 is 46.6 Å². The zero-order valence-electron chi connectivity index (χ0n) is 11.3. The van der Waals surface area contributed by atoms with Gasteiger partial charge < -0.3 is 10.2 Å². The molecule has 3 nitrogen and oxygen atoms in total. The molecule has 0 spiro atoms. The number of anilines is 1. The van der Waals surface area contributed by atoms with Crippen molar-refractivity contribution in [1.29, 1.82) is 0 Å². The number of amides is 1. The molecule has 0 aliphatic carbocycles. The number of nitrogens with one attached hydrogen (secondary N) is 1. The minimum Gasteiger partial charge on any atom is -0.378 e. The van der Waals surface area contributed by atoms with E-state index in [0.29, 0.717) is 22.4 Å². The van der Waals surface area contributed by atoms with Crippen molar-refractivity contribution in [2.24, 2.45) is 0 Å². The average Bonchev–Trinajstić information content (AvgIpc) is 2.76. The molecule has 1 aromatic carbocycles. The highest BCUT2D eigenvalue weighted by Crippen LogP contribution is 2.41. The van der Waals surface area contributed by atoms with Crippen LogP contribution in [-0.2, 0) is 11.3 Å². The topological polar surface area (TPSA) is 32.3 Å². The summed E-state index contributed by atoms with van der Waals surface area (Å²) in [5, 5.41) is 3.28. The molecule has 0 aromatic heterocycles. The molecule has 0 fully saturated rings. The maximum atomic E-state index is 12.0. The third-order valence-electron chi connectivity index (χ3n) is 3.04. The van der Waals surface area contributed by atoms with Crippen LogP contribution in [0.4, 0.5) is 5.69 Å². The quantitative estimate of drug-likeness (QED) is 0.916. The number of halogens is 2. The standard InChI is InChI=1S/C14H16Cl2N2OS/c1-18(2)10-5-3-9(4-6-10)8-17-14(19)12-7-11(15)13(16)20-12/h3-6,12H,7-8H2,1-2H3,(H,17,19). The maximum absolute atomic E-state index is 12.0. The van der Waals surface area contributed by atoms with Crippen molar-refractivity contribution in [2.45, 2.75) is 18.2 Å². The second-order valence-electron chi connectivity index (χ2n) is 4.77. The van der Waals surface area contributed by atoms with Crippen LogP contribution in [0.5, 0.6) is 0 Å². The van der Waals surface area contributed by atoms with Gasteiger partial charge in [-0.2, -0.15) is 0 Å². The molecule has 1 aliphatic rings. The highest BCUT2D eigenvalue weighted by Gasteiger charge is 2.28. The molecule has 1 unspecified atom stereocenters. The van der Waals surface area contributed by atoms with Crippen LogP contribution < -0.4 is 10.2 Å². The Kier molecular flexibility index (Phi) is 5.24. The number of hydrogen-bond donors (Lipinski definition) is 1. The summed E-state index contributed by atoms with van der Waals surface area (Å²) in [6.07, 6.45) is 0.510. The van der Waals surface area contributed by atoms with Crippen molar-refractivity contribution in [3.05, 3.63) is 39.2 Å². The molecule has 20 heavy (non-hydrogen) atoms. The Bertz CT molecular complexity index is 514. The van der Waals surface area contributed by atoms with E-state index in [-0.39, 0.29) is 11.2 Å². The van der Waals surface area contributed by atoms with Crippen LogP contribution in [0.3, 0.4) is 0 Å². The summed E-state index contributed by atoms with van der Waals surface area (Å²) in [5.74, 6) is -0.0273. The Balaban J connectivity index is 1.85. The number of hydrogen-bond acceptors (Lipinski definition) is 3. The summed E-state index contributed by atoms with van der Waals surface area (Å²) in [6.45, 7) is 0.513. The Hall–Kier alpha value is -0.840. The first-order chi connectivity index (χ1) is 9.47. The van der Waals surface area contributed by atoms with Gasteiger partial charge in [0.2, 0.25) is 5.91 Å². The molecular weight excluding hydrogens is 315 g/mol. The van der Waals surface area contributed by atoms with Crippen LogP contribution in [0.2, 0.25) is 0 Å². The predicted octanol–water partition coefficient (Wildman–Crippen LogP) is 3.52. The Labute approximate surface area is 133 Å². The molecule has 2 rings (SSSR count). The highest BCUT2D eigenvalue weighted by atomic mass is 35.5. The van der Waals surface area contributed by atoms with E-state index in [1.807, 2.05) is 43.3 Å². The largest absolute Gasteiger partial charge is 0.378 e. The Morgan fingerprint density at radius 2 is 2.00 bits per heavy atom. The van der Waals surface area contributed by atoms with E-state index in [1.165, 1.54) is 11.8 Å². The van der Waals surface area contributed by atoms with Gasteiger partial charge in [0.25, 0.3) is 0 Å². The number of carbonyl (C=O) groups excluding carboxylic acids is 1. The molecule has 1 N–H and O–H groups in total. The smallest absolute Gasteiger partial charge is 0.234 e. The minimum absolute atomic E-state index is 0.0273. The molecule has 6 heteroatoms. The molecule has 0 bridgehead atoms. The van der Waals surface area contributed by atoms with E-state index >= 15 is 0 Å². The van der Waals surface area contributed by atoms with Crippen LogP contribution in [0, 0.1) is 0 Å². The average molecular weight is 331 g/mol. The summed E-state index contributed by atoms with van der Waals surface area (Å²) in [7, 11) is 3.99. The van der Waals surface area contributed by atoms with Gasteiger partial charge >= 0.3 is 0 Å². The van der Waals surface area contributed by atoms with Crippen LogP contribution in [-0.4, -0.2) is 25.3 Å².